The van der Waals surface area contributed by atoms with Gasteiger partial charge in [-0.1, -0.05) is 42.5 Å². The van der Waals surface area contributed by atoms with E-state index in [0.29, 0.717) is 0 Å². The van der Waals surface area contributed by atoms with Gasteiger partial charge in [-0.2, -0.15) is 4.57 Å². The van der Waals surface area contributed by atoms with Crippen LogP contribution in [-0.2, 0) is 6.54 Å². The van der Waals surface area contributed by atoms with E-state index in [1.54, 1.807) is 0 Å². The molecule has 0 aliphatic rings. The Balaban J connectivity index is 0.00000208. The summed E-state index contributed by atoms with van der Waals surface area (Å²) in [5.74, 6) is 0. The fraction of sp³-hybridized carbons (Fsp3) is 0.250. The Morgan fingerprint density at radius 3 is 2.38 bits per heavy atom. The second-order valence-electron chi connectivity index (χ2n) is 5.88. The highest BCUT2D eigenvalue weighted by Gasteiger charge is 2.16. The Kier molecular flexibility index (Phi) is 6.80. The number of anilines is 1. The van der Waals surface area contributed by atoms with Crippen LogP contribution in [0.1, 0.15) is 23.9 Å². The van der Waals surface area contributed by atoms with Gasteiger partial charge in [0.15, 0.2) is 0 Å². The maximum atomic E-state index is 2.42. The van der Waals surface area contributed by atoms with E-state index < -0.39 is 0 Å². The monoisotopic (exact) mass is 450 g/mol. The van der Waals surface area contributed by atoms with Crippen LogP contribution in [0.25, 0.3) is 22.4 Å². The van der Waals surface area contributed by atoms with Gasteiger partial charge in [0.1, 0.15) is 11.2 Å². The third-order valence-electron chi connectivity index (χ3n) is 3.91. The van der Waals surface area contributed by atoms with Gasteiger partial charge in [0.2, 0.25) is 5.52 Å². The SMILES string of the molecule is CCC[n+]1c(C=Cc2ccc(N(C)C)cc2)sc2ccccc21.[I-]. The zero-order valence-electron chi connectivity index (χ0n) is 14.4. The number of aryl methyl sites for hydroxylation is 1. The van der Waals surface area contributed by atoms with Gasteiger partial charge in [-0.3, -0.25) is 0 Å². The van der Waals surface area contributed by atoms with Crippen LogP contribution in [-0.4, -0.2) is 14.1 Å². The predicted molar refractivity (Wildman–Crippen MR) is 102 cm³/mol. The first-order chi connectivity index (χ1) is 11.2. The first-order valence-electron chi connectivity index (χ1n) is 8.06. The molecule has 0 amide bonds. The first kappa shape index (κ1) is 18.9. The van der Waals surface area contributed by atoms with Gasteiger partial charge >= 0.3 is 0 Å². The second-order valence-corrected chi connectivity index (χ2v) is 6.94. The molecule has 0 aliphatic heterocycles. The lowest BCUT2D eigenvalue weighted by atomic mass is 10.2. The molecule has 2 aromatic carbocycles. The number of hydrogen-bond acceptors (Lipinski definition) is 2. The third kappa shape index (κ3) is 4.16. The number of halogens is 1. The fourth-order valence-corrected chi connectivity index (χ4v) is 3.77. The minimum atomic E-state index is 0. The topological polar surface area (TPSA) is 7.12 Å². The minimum absolute atomic E-state index is 0. The lowest BCUT2D eigenvalue weighted by Gasteiger charge is -2.11. The van der Waals surface area contributed by atoms with Crippen LogP contribution in [0.15, 0.2) is 48.5 Å². The van der Waals surface area contributed by atoms with E-state index in [1.807, 2.05) is 11.3 Å². The minimum Gasteiger partial charge on any atom is -1.00 e. The van der Waals surface area contributed by atoms with E-state index in [1.165, 1.54) is 26.5 Å². The van der Waals surface area contributed by atoms with E-state index in [0.717, 1.165) is 13.0 Å². The molecule has 3 aromatic rings. The number of nitrogens with zero attached hydrogens (tertiary/aromatic N) is 2. The average Bonchev–Trinajstić information content (AvgIpc) is 2.92. The van der Waals surface area contributed by atoms with Gasteiger partial charge in [-0.05, 0) is 29.8 Å². The Morgan fingerprint density at radius 1 is 1.00 bits per heavy atom. The summed E-state index contributed by atoms with van der Waals surface area (Å²) >= 11 is 1.86. The molecule has 0 bridgehead atoms. The summed E-state index contributed by atoms with van der Waals surface area (Å²) in [4.78, 5) is 2.12. The maximum Gasteiger partial charge on any atom is 0.262 e. The van der Waals surface area contributed by atoms with Crippen molar-refractivity contribution in [2.24, 2.45) is 0 Å². The molecule has 3 rings (SSSR count). The van der Waals surface area contributed by atoms with Crippen LogP contribution in [0.3, 0.4) is 0 Å². The Morgan fingerprint density at radius 2 is 1.71 bits per heavy atom. The fourth-order valence-electron chi connectivity index (χ4n) is 2.68. The van der Waals surface area contributed by atoms with Gasteiger partial charge in [-0.15, -0.1) is 0 Å². The molecular formula is C20H23IN2S. The molecule has 0 atom stereocenters. The number of aromatic nitrogens is 1. The van der Waals surface area contributed by atoms with Crippen molar-refractivity contribution in [1.29, 1.82) is 0 Å². The summed E-state index contributed by atoms with van der Waals surface area (Å²) in [6, 6.07) is 17.3. The molecule has 1 heterocycles. The normalized spacial score (nSPS) is 11.0. The molecule has 0 spiro atoms. The summed E-state index contributed by atoms with van der Waals surface area (Å²) in [5, 5.41) is 1.31. The smallest absolute Gasteiger partial charge is 0.262 e. The molecule has 2 nitrogen and oxygen atoms in total. The number of fused-ring (bicyclic) bond motifs is 1. The standard InChI is InChI=1S/C20H23N2S.HI/c1-4-15-22-18-7-5-6-8-19(18)23-20(22)14-11-16-9-12-17(13-10-16)21(2)3;/h5-14H,4,15H2,1-3H3;1H/q+1;/p-1. The highest BCUT2D eigenvalue weighted by molar-refractivity contribution is 7.18. The summed E-state index contributed by atoms with van der Waals surface area (Å²) in [5.41, 5.74) is 3.79. The predicted octanol–water partition coefficient (Wildman–Crippen LogP) is 1.84. The van der Waals surface area contributed by atoms with Gasteiger partial charge in [0.05, 0.1) is 0 Å². The third-order valence-corrected chi connectivity index (χ3v) is 5.04. The molecule has 0 fully saturated rings. The van der Waals surface area contributed by atoms with Crippen molar-refractivity contribution in [2.45, 2.75) is 19.9 Å². The summed E-state index contributed by atoms with van der Waals surface area (Å²) in [6.07, 6.45) is 5.59. The number of thiazole rings is 1. The van der Waals surface area contributed by atoms with E-state index in [4.69, 9.17) is 0 Å². The summed E-state index contributed by atoms with van der Waals surface area (Å²) < 4.78 is 3.77. The van der Waals surface area contributed by atoms with Crippen molar-refractivity contribution in [3.63, 3.8) is 0 Å². The highest BCUT2D eigenvalue weighted by atomic mass is 127. The number of rotatable bonds is 5. The number of benzene rings is 2. The first-order valence-corrected chi connectivity index (χ1v) is 8.87. The van der Waals surface area contributed by atoms with Crippen molar-refractivity contribution >= 4 is 39.4 Å². The molecule has 0 radical (unpaired) electrons. The average molecular weight is 450 g/mol. The molecule has 1 aromatic heterocycles. The molecule has 0 unspecified atom stereocenters. The number of hydrogen-bond donors (Lipinski definition) is 0. The van der Waals surface area contributed by atoms with Crippen molar-refractivity contribution in [1.82, 2.24) is 0 Å². The lowest BCUT2D eigenvalue weighted by Crippen LogP contribution is -3.00. The maximum absolute atomic E-state index is 2.42. The van der Waals surface area contributed by atoms with Crippen LogP contribution in [0, 0.1) is 0 Å². The van der Waals surface area contributed by atoms with E-state index >= 15 is 0 Å². The molecule has 0 saturated heterocycles. The molecule has 0 N–H and O–H groups in total. The van der Waals surface area contributed by atoms with Crippen LogP contribution >= 0.6 is 11.3 Å². The summed E-state index contributed by atoms with van der Waals surface area (Å²) in [7, 11) is 4.13. The zero-order chi connectivity index (χ0) is 16.2. The molecule has 0 aliphatic carbocycles. The Labute approximate surface area is 165 Å². The molecule has 126 valence electrons. The van der Waals surface area contributed by atoms with Gasteiger partial charge in [0.25, 0.3) is 5.01 Å². The van der Waals surface area contributed by atoms with E-state index in [-0.39, 0.29) is 24.0 Å². The number of para-hydroxylation sites is 1. The summed E-state index contributed by atoms with van der Waals surface area (Å²) in [6.45, 7) is 3.29. The Bertz CT molecular complexity index is 819. The van der Waals surface area contributed by atoms with Gasteiger partial charge in [-0.25, -0.2) is 0 Å². The molecular weight excluding hydrogens is 427 g/mol. The lowest BCUT2D eigenvalue weighted by molar-refractivity contribution is -0.668. The van der Waals surface area contributed by atoms with Crippen molar-refractivity contribution in [3.05, 3.63) is 59.1 Å². The van der Waals surface area contributed by atoms with Crippen LogP contribution < -0.4 is 33.4 Å². The Hall–Kier alpha value is -1.40. The van der Waals surface area contributed by atoms with Crippen LogP contribution in [0.5, 0.6) is 0 Å². The van der Waals surface area contributed by atoms with Crippen LogP contribution in [0.4, 0.5) is 5.69 Å². The van der Waals surface area contributed by atoms with Crippen molar-refractivity contribution in [2.75, 3.05) is 19.0 Å². The van der Waals surface area contributed by atoms with Crippen LogP contribution in [0.2, 0.25) is 0 Å². The van der Waals surface area contributed by atoms with Gasteiger partial charge in [0, 0.05) is 38.3 Å². The van der Waals surface area contributed by atoms with E-state index in [9.17, 15) is 0 Å². The highest BCUT2D eigenvalue weighted by Crippen LogP contribution is 2.22. The quantitative estimate of drug-likeness (QED) is 0.425. The second kappa shape index (κ2) is 8.62. The van der Waals surface area contributed by atoms with E-state index in [2.05, 4.69) is 91.2 Å². The largest absolute Gasteiger partial charge is 1.00 e. The molecule has 4 heteroatoms. The van der Waals surface area contributed by atoms with Gasteiger partial charge < -0.3 is 28.9 Å². The molecule has 24 heavy (non-hydrogen) atoms. The zero-order valence-corrected chi connectivity index (χ0v) is 17.3. The van der Waals surface area contributed by atoms with Crippen molar-refractivity contribution < 1.29 is 28.5 Å². The molecule has 0 saturated carbocycles. The van der Waals surface area contributed by atoms with Crippen molar-refractivity contribution in [3.8, 4) is 0 Å².